The number of benzene rings is 1. The summed E-state index contributed by atoms with van der Waals surface area (Å²) in [7, 11) is 0. The van der Waals surface area contributed by atoms with E-state index in [1.807, 2.05) is 26.0 Å². The van der Waals surface area contributed by atoms with Gasteiger partial charge < -0.3 is 19.3 Å². The number of aliphatic hydroxyl groups is 1. The normalized spacial score (nSPS) is 31.5. The van der Waals surface area contributed by atoms with Crippen molar-refractivity contribution in [3.05, 3.63) is 57.9 Å². The van der Waals surface area contributed by atoms with Crippen LogP contribution in [-0.2, 0) is 23.8 Å². The maximum absolute atomic E-state index is 12.3. The van der Waals surface area contributed by atoms with Gasteiger partial charge in [0.1, 0.15) is 6.10 Å². The van der Waals surface area contributed by atoms with Gasteiger partial charge in [-0.3, -0.25) is 0 Å². The van der Waals surface area contributed by atoms with Crippen LogP contribution < -0.4 is 0 Å². The average molecular weight is 342 g/mol. The molecule has 1 fully saturated rings. The van der Waals surface area contributed by atoms with E-state index in [2.05, 4.69) is 0 Å². The third-order valence-corrected chi connectivity index (χ3v) is 5.06. The zero-order chi connectivity index (χ0) is 17.9. The quantitative estimate of drug-likeness (QED) is 0.504. The molecule has 0 aromatic heterocycles. The van der Waals surface area contributed by atoms with Crippen LogP contribution in [0, 0.1) is 19.8 Å². The molecule has 6 nitrogen and oxygen atoms in total. The molecule has 0 bridgehead atoms. The van der Waals surface area contributed by atoms with Crippen LogP contribution in [0.25, 0.3) is 0 Å². The molecule has 0 spiro atoms. The predicted molar refractivity (Wildman–Crippen MR) is 86.0 cm³/mol. The minimum atomic E-state index is -0.865. The molecule has 1 N–H and O–H groups in total. The molecule has 4 rings (SSSR count). The molecule has 4 atom stereocenters. The zero-order valence-corrected chi connectivity index (χ0v) is 14.1. The Morgan fingerprint density at radius 3 is 2.36 bits per heavy atom. The third kappa shape index (κ3) is 2.28. The summed E-state index contributed by atoms with van der Waals surface area (Å²) in [6, 6.07) is 3.91. The molecule has 0 unspecified atom stereocenters. The molecular formula is C19H18O6. The molecule has 1 aromatic carbocycles. The van der Waals surface area contributed by atoms with Gasteiger partial charge in [-0.25, -0.2) is 9.59 Å². The van der Waals surface area contributed by atoms with Crippen molar-refractivity contribution in [3.63, 3.8) is 0 Å². The van der Waals surface area contributed by atoms with Crippen LogP contribution in [0.4, 0.5) is 0 Å². The number of cyclic esters (lactones) is 1. The fourth-order valence-electron chi connectivity index (χ4n) is 3.77. The lowest BCUT2D eigenvalue weighted by Gasteiger charge is -2.14. The number of rotatable bonds is 2. The maximum Gasteiger partial charge on any atom is 0.338 e. The molecule has 3 aliphatic rings. The van der Waals surface area contributed by atoms with Crippen molar-refractivity contribution in [2.45, 2.75) is 39.3 Å². The maximum atomic E-state index is 12.3. The number of aliphatic hydroxyl groups excluding tert-OH is 1. The van der Waals surface area contributed by atoms with E-state index in [1.54, 1.807) is 6.92 Å². The van der Waals surface area contributed by atoms with Crippen molar-refractivity contribution in [1.29, 1.82) is 0 Å². The Morgan fingerprint density at radius 1 is 1.04 bits per heavy atom. The highest BCUT2D eigenvalue weighted by Crippen LogP contribution is 2.55. The van der Waals surface area contributed by atoms with Gasteiger partial charge in [-0.15, -0.1) is 0 Å². The highest BCUT2D eigenvalue weighted by atomic mass is 16.7. The van der Waals surface area contributed by atoms with Crippen molar-refractivity contribution < 1.29 is 28.9 Å². The van der Waals surface area contributed by atoms with E-state index in [0.717, 1.165) is 22.3 Å². The largest absolute Gasteiger partial charge is 0.458 e. The van der Waals surface area contributed by atoms with Crippen molar-refractivity contribution in [3.8, 4) is 0 Å². The van der Waals surface area contributed by atoms with E-state index in [9.17, 15) is 14.7 Å². The summed E-state index contributed by atoms with van der Waals surface area (Å²) in [6.07, 6.45) is 0.557. The first kappa shape index (κ1) is 15.9. The molecule has 25 heavy (non-hydrogen) atoms. The second-order valence-electron chi connectivity index (χ2n) is 6.66. The lowest BCUT2D eigenvalue weighted by molar-refractivity contribution is -0.152. The summed E-state index contributed by atoms with van der Waals surface area (Å²) >= 11 is 0. The number of aryl methyl sites for hydroxylation is 2. The zero-order valence-electron chi connectivity index (χ0n) is 14.1. The Balaban J connectivity index is 1.66. The Bertz CT molecular complexity index is 850. The van der Waals surface area contributed by atoms with E-state index in [-0.39, 0.29) is 5.57 Å². The van der Waals surface area contributed by atoms with Gasteiger partial charge in [-0.2, -0.15) is 0 Å². The number of fused-ring (bicyclic) bond motifs is 3. The van der Waals surface area contributed by atoms with E-state index < -0.39 is 36.4 Å². The first-order chi connectivity index (χ1) is 11.9. The van der Waals surface area contributed by atoms with Gasteiger partial charge in [0.25, 0.3) is 6.29 Å². The van der Waals surface area contributed by atoms with Gasteiger partial charge >= 0.3 is 11.9 Å². The topological polar surface area (TPSA) is 82.1 Å². The molecular weight excluding hydrogens is 324 g/mol. The van der Waals surface area contributed by atoms with Crippen LogP contribution in [0.5, 0.6) is 0 Å². The van der Waals surface area contributed by atoms with Gasteiger partial charge in [0.2, 0.25) is 0 Å². The summed E-state index contributed by atoms with van der Waals surface area (Å²) in [4.78, 5) is 23.6. The smallest absolute Gasteiger partial charge is 0.338 e. The average Bonchev–Trinajstić information content (AvgIpc) is 3.15. The number of hydrogen-bond donors (Lipinski definition) is 1. The van der Waals surface area contributed by atoms with Crippen LogP contribution in [0.3, 0.4) is 0 Å². The number of carbonyl (C=O) groups is 2. The highest BCUT2D eigenvalue weighted by molar-refractivity contribution is 5.92. The SMILES string of the molecule is CC1=C[C@@H](O/C=C2/C(=O)O[C@@H]3c4c(C)ccc(C)c4[C@@H](O)[C@H]23)OC1=O. The number of esters is 2. The van der Waals surface area contributed by atoms with Gasteiger partial charge in [-0.05, 0) is 37.5 Å². The van der Waals surface area contributed by atoms with Crippen molar-refractivity contribution >= 4 is 11.9 Å². The minimum Gasteiger partial charge on any atom is -0.458 e. The second kappa shape index (κ2) is 5.46. The molecule has 0 radical (unpaired) electrons. The first-order valence-corrected chi connectivity index (χ1v) is 8.12. The number of carbonyl (C=O) groups excluding carboxylic acids is 2. The summed E-state index contributed by atoms with van der Waals surface area (Å²) in [5, 5.41) is 10.8. The van der Waals surface area contributed by atoms with Crippen molar-refractivity contribution in [2.75, 3.05) is 0 Å². The summed E-state index contributed by atoms with van der Waals surface area (Å²) in [5.74, 6) is -1.50. The molecule has 1 aliphatic carbocycles. The Labute approximate surface area is 144 Å². The van der Waals surface area contributed by atoms with E-state index in [0.29, 0.717) is 5.57 Å². The first-order valence-electron chi connectivity index (χ1n) is 8.12. The van der Waals surface area contributed by atoms with Crippen molar-refractivity contribution in [2.24, 2.45) is 5.92 Å². The number of hydrogen-bond acceptors (Lipinski definition) is 6. The summed E-state index contributed by atoms with van der Waals surface area (Å²) in [6.45, 7) is 5.49. The van der Waals surface area contributed by atoms with E-state index in [4.69, 9.17) is 14.2 Å². The van der Waals surface area contributed by atoms with Crippen LogP contribution >= 0.6 is 0 Å². The Morgan fingerprint density at radius 2 is 1.72 bits per heavy atom. The van der Waals surface area contributed by atoms with Gasteiger partial charge in [-0.1, -0.05) is 12.1 Å². The van der Waals surface area contributed by atoms with Crippen LogP contribution in [-0.4, -0.2) is 23.3 Å². The predicted octanol–water partition coefficient (Wildman–Crippen LogP) is 2.29. The van der Waals surface area contributed by atoms with Crippen LogP contribution in [0.15, 0.2) is 35.6 Å². The fraction of sp³-hybridized carbons (Fsp3) is 0.368. The van der Waals surface area contributed by atoms with Gasteiger partial charge in [0, 0.05) is 17.2 Å². The van der Waals surface area contributed by atoms with Gasteiger partial charge in [0.05, 0.1) is 23.9 Å². The molecule has 1 aromatic rings. The molecule has 2 aliphatic heterocycles. The van der Waals surface area contributed by atoms with Crippen molar-refractivity contribution in [1.82, 2.24) is 0 Å². The third-order valence-electron chi connectivity index (χ3n) is 5.06. The molecule has 0 amide bonds. The van der Waals surface area contributed by atoms with E-state index >= 15 is 0 Å². The highest BCUT2D eigenvalue weighted by Gasteiger charge is 2.53. The van der Waals surface area contributed by atoms with E-state index in [1.165, 1.54) is 12.3 Å². The Kier molecular flexibility index (Phi) is 3.47. The molecule has 1 saturated heterocycles. The monoisotopic (exact) mass is 342 g/mol. The van der Waals surface area contributed by atoms with Gasteiger partial charge in [0.15, 0.2) is 0 Å². The molecule has 0 saturated carbocycles. The fourth-order valence-corrected chi connectivity index (χ4v) is 3.77. The lowest BCUT2D eigenvalue weighted by Crippen LogP contribution is -2.14. The molecule has 6 heteroatoms. The van der Waals surface area contributed by atoms with Crippen LogP contribution in [0.1, 0.15) is 41.4 Å². The minimum absolute atomic E-state index is 0.251. The standard InChI is InChI=1S/C19H18O6/c1-8-4-5-9(2)14-13(8)16(20)15-11(19(22)25-17(14)15)7-23-12-6-10(3)18(21)24-12/h4-7,12,15-17,20H,1-3H3/b11-7+/t12-,15-,16+,17+/m0/s1. The lowest BCUT2D eigenvalue weighted by atomic mass is 9.95. The second-order valence-corrected chi connectivity index (χ2v) is 6.66. The Hall–Kier alpha value is -2.60. The molecule has 2 heterocycles. The summed E-state index contributed by atoms with van der Waals surface area (Å²) < 4.78 is 15.9. The van der Waals surface area contributed by atoms with Crippen LogP contribution in [0.2, 0.25) is 0 Å². The molecule has 130 valence electrons. The summed E-state index contributed by atoms with van der Waals surface area (Å²) in [5.41, 5.74) is 4.33. The number of ether oxygens (including phenoxy) is 3.